The summed E-state index contributed by atoms with van der Waals surface area (Å²) >= 11 is 0. The zero-order chi connectivity index (χ0) is 13.1. The third-order valence-electron chi connectivity index (χ3n) is 4.69. The van der Waals surface area contributed by atoms with Crippen LogP contribution in [0, 0.1) is 17.8 Å². The first-order valence-corrected chi connectivity index (χ1v) is 7.86. The first-order chi connectivity index (χ1) is 9.34. The summed E-state index contributed by atoms with van der Waals surface area (Å²) in [6.07, 6.45) is 6.95. The average molecular weight is 258 g/mol. The number of benzene rings is 1. The van der Waals surface area contributed by atoms with Crippen molar-refractivity contribution in [1.29, 1.82) is 0 Å². The molecule has 1 aromatic rings. The SMILES string of the molecule is NC(CCNCC(C1CC1)C1CC1)c1ccccc1. The van der Waals surface area contributed by atoms with Gasteiger partial charge in [0.05, 0.1) is 0 Å². The third-order valence-corrected chi connectivity index (χ3v) is 4.69. The minimum Gasteiger partial charge on any atom is -0.324 e. The van der Waals surface area contributed by atoms with Crippen molar-refractivity contribution in [3.63, 3.8) is 0 Å². The number of rotatable bonds is 8. The van der Waals surface area contributed by atoms with Crippen LogP contribution in [0.5, 0.6) is 0 Å². The molecule has 1 aromatic carbocycles. The highest BCUT2D eigenvalue weighted by molar-refractivity contribution is 5.18. The summed E-state index contributed by atoms with van der Waals surface area (Å²) in [5, 5.41) is 3.65. The molecule has 0 spiro atoms. The van der Waals surface area contributed by atoms with Gasteiger partial charge in [-0.05, 0) is 68.5 Å². The van der Waals surface area contributed by atoms with Gasteiger partial charge in [0.25, 0.3) is 0 Å². The summed E-state index contributed by atoms with van der Waals surface area (Å²) in [5.41, 5.74) is 7.47. The van der Waals surface area contributed by atoms with E-state index in [1.165, 1.54) is 37.8 Å². The number of hydrogen-bond acceptors (Lipinski definition) is 2. The minimum atomic E-state index is 0.175. The molecule has 2 aliphatic carbocycles. The van der Waals surface area contributed by atoms with Crippen molar-refractivity contribution >= 4 is 0 Å². The van der Waals surface area contributed by atoms with E-state index in [1.807, 2.05) is 6.07 Å². The molecule has 0 radical (unpaired) electrons. The van der Waals surface area contributed by atoms with E-state index in [9.17, 15) is 0 Å². The lowest BCUT2D eigenvalue weighted by Crippen LogP contribution is -2.28. The van der Waals surface area contributed by atoms with E-state index in [2.05, 4.69) is 29.6 Å². The van der Waals surface area contributed by atoms with Gasteiger partial charge in [-0.2, -0.15) is 0 Å². The molecule has 2 nitrogen and oxygen atoms in total. The van der Waals surface area contributed by atoms with Gasteiger partial charge in [-0.3, -0.25) is 0 Å². The Morgan fingerprint density at radius 3 is 2.26 bits per heavy atom. The van der Waals surface area contributed by atoms with Crippen LogP contribution < -0.4 is 11.1 Å². The van der Waals surface area contributed by atoms with Crippen LogP contribution in [0.4, 0.5) is 0 Å². The molecule has 1 atom stereocenters. The Kier molecular flexibility index (Phi) is 4.19. The minimum absolute atomic E-state index is 0.175. The summed E-state index contributed by atoms with van der Waals surface area (Å²) in [7, 11) is 0. The second kappa shape index (κ2) is 6.06. The van der Waals surface area contributed by atoms with E-state index in [-0.39, 0.29) is 6.04 Å². The predicted octanol–water partition coefficient (Wildman–Crippen LogP) is 3.10. The first kappa shape index (κ1) is 13.1. The van der Waals surface area contributed by atoms with Crippen LogP contribution in [-0.2, 0) is 0 Å². The van der Waals surface area contributed by atoms with E-state index in [1.54, 1.807) is 0 Å². The van der Waals surface area contributed by atoms with Crippen molar-refractivity contribution in [1.82, 2.24) is 5.32 Å². The molecule has 1 unspecified atom stereocenters. The summed E-state index contributed by atoms with van der Waals surface area (Å²) in [5.74, 6) is 3.05. The van der Waals surface area contributed by atoms with Gasteiger partial charge in [-0.1, -0.05) is 30.3 Å². The molecule has 0 bridgehead atoms. The van der Waals surface area contributed by atoms with Crippen molar-refractivity contribution in [2.75, 3.05) is 13.1 Å². The second-order valence-corrected chi connectivity index (χ2v) is 6.35. The molecular weight excluding hydrogens is 232 g/mol. The maximum Gasteiger partial charge on any atom is 0.0306 e. The van der Waals surface area contributed by atoms with Gasteiger partial charge in [0.2, 0.25) is 0 Å². The van der Waals surface area contributed by atoms with Crippen LogP contribution in [0.2, 0.25) is 0 Å². The zero-order valence-corrected chi connectivity index (χ0v) is 11.7. The Morgan fingerprint density at radius 1 is 1.05 bits per heavy atom. The fraction of sp³-hybridized carbons (Fsp3) is 0.647. The Labute approximate surface area is 116 Å². The molecule has 3 N–H and O–H groups in total. The Hall–Kier alpha value is -0.860. The van der Waals surface area contributed by atoms with Crippen LogP contribution >= 0.6 is 0 Å². The van der Waals surface area contributed by atoms with E-state index in [0.717, 1.165) is 30.7 Å². The second-order valence-electron chi connectivity index (χ2n) is 6.35. The van der Waals surface area contributed by atoms with Crippen LogP contribution in [0.3, 0.4) is 0 Å². The molecule has 0 aliphatic heterocycles. The molecular formula is C17H26N2. The van der Waals surface area contributed by atoms with Crippen molar-refractivity contribution in [3.8, 4) is 0 Å². The summed E-state index contributed by atoms with van der Waals surface area (Å²) in [4.78, 5) is 0. The standard InChI is InChI=1S/C17H26N2/c18-17(15-4-2-1-3-5-15)10-11-19-12-16(13-6-7-13)14-8-9-14/h1-5,13-14,16-17,19H,6-12,18H2. The molecule has 2 saturated carbocycles. The molecule has 0 amide bonds. The monoisotopic (exact) mass is 258 g/mol. The quantitative estimate of drug-likeness (QED) is 0.703. The van der Waals surface area contributed by atoms with Crippen molar-refractivity contribution < 1.29 is 0 Å². The van der Waals surface area contributed by atoms with Gasteiger partial charge < -0.3 is 11.1 Å². The lowest BCUT2D eigenvalue weighted by Gasteiger charge is -2.17. The van der Waals surface area contributed by atoms with Crippen LogP contribution in [0.15, 0.2) is 30.3 Å². The van der Waals surface area contributed by atoms with E-state index < -0.39 is 0 Å². The van der Waals surface area contributed by atoms with Crippen molar-refractivity contribution in [2.24, 2.45) is 23.5 Å². The summed E-state index contributed by atoms with van der Waals surface area (Å²) in [6, 6.07) is 10.6. The van der Waals surface area contributed by atoms with Gasteiger partial charge >= 0.3 is 0 Å². The molecule has 2 aliphatic rings. The zero-order valence-electron chi connectivity index (χ0n) is 11.7. The molecule has 2 heteroatoms. The van der Waals surface area contributed by atoms with E-state index >= 15 is 0 Å². The van der Waals surface area contributed by atoms with Crippen LogP contribution in [0.1, 0.15) is 43.7 Å². The van der Waals surface area contributed by atoms with Crippen LogP contribution in [-0.4, -0.2) is 13.1 Å². The Bertz CT molecular complexity index is 370. The first-order valence-electron chi connectivity index (χ1n) is 7.86. The molecule has 19 heavy (non-hydrogen) atoms. The molecule has 104 valence electrons. The molecule has 3 rings (SSSR count). The van der Waals surface area contributed by atoms with Gasteiger partial charge in [-0.15, -0.1) is 0 Å². The molecule has 0 aromatic heterocycles. The smallest absolute Gasteiger partial charge is 0.0306 e. The lowest BCUT2D eigenvalue weighted by atomic mass is 9.98. The third kappa shape index (κ3) is 3.80. The highest BCUT2D eigenvalue weighted by Crippen LogP contribution is 2.48. The maximum absolute atomic E-state index is 6.22. The van der Waals surface area contributed by atoms with E-state index in [0.29, 0.717) is 0 Å². The summed E-state index contributed by atoms with van der Waals surface area (Å²) in [6.45, 7) is 2.27. The molecule has 0 heterocycles. The van der Waals surface area contributed by atoms with Gasteiger partial charge in [-0.25, -0.2) is 0 Å². The van der Waals surface area contributed by atoms with Gasteiger partial charge in [0.15, 0.2) is 0 Å². The fourth-order valence-corrected chi connectivity index (χ4v) is 3.16. The van der Waals surface area contributed by atoms with E-state index in [4.69, 9.17) is 5.73 Å². The topological polar surface area (TPSA) is 38.0 Å². The highest BCUT2D eigenvalue weighted by Gasteiger charge is 2.40. The summed E-state index contributed by atoms with van der Waals surface area (Å²) < 4.78 is 0. The largest absolute Gasteiger partial charge is 0.324 e. The molecule has 0 saturated heterocycles. The normalized spacial score (nSPS) is 20.7. The number of nitrogens with two attached hydrogens (primary N) is 1. The van der Waals surface area contributed by atoms with Gasteiger partial charge in [0, 0.05) is 6.04 Å². The average Bonchev–Trinajstić information content (AvgIpc) is 3.32. The number of nitrogens with one attached hydrogen (secondary N) is 1. The number of hydrogen-bond donors (Lipinski definition) is 2. The fourth-order valence-electron chi connectivity index (χ4n) is 3.16. The Balaban J connectivity index is 1.36. The van der Waals surface area contributed by atoms with Crippen molar-refractivity contribution in [3.05, 3.63) is 35.9 Å². The lowest BCUT2D eigenvalue weighted by molar-refractivity contribution is 0.375. The van der Waals surface area contributed by atoms with Crippen molar-refractivity contribution in [2.45, 2.75) is 38.1 Å². The highest BCUT2D eigenvalue weighted by atomic mass is 14.9. The predicted molar refractivity (Wildman–Crippen MR) is 79.8 cm³/mol. The van der Waals surface area contributed by atoms with Crippen LogP contribution in [0.25, 0.3) is 0 Å². The maximum atomic E-state index is 6.22. The van der Waals surface area contributed by atoms with Gasteiger partial charge in [0.1, 0.15) is 0 Å². The Morgan fingerprint density at radius 2 is 1.68 bits per heavy atom. The molecule has 2 fully saturated rings.